The van der Waals surface area contributed by atoms with Crippen molar-refractivity contribution in [2.75, 3.05) is 0 Å². The molecule has 20 heavy (non-hydrogen) atoms. The molecule has 0 spiro atoms. The van der Waals surface area contributed by atoms with Gasteiger partial charge in [0.25, 0.3) is 5.91 Å². The summed E-state index contributed by atoms with van der Waals surface area (Å²) >= 11 is 0. The highest BCUT2D eigenvalue weighted by Gasteiger charge is 2.09. The Morgan fingerprint density at radius 1 is 1.25 bits per heavy atom. The maximum absolute atomic E-state index is 11.8. The van der Waals surface area contributed by atoms with E-state index in [0.717, 1.165) is 0 Å². The zero-order valence-electron chi connectivity index (χ0n) is 11.1. The molecule has 1 aromatic heterocycles. The molecule has 0 saturated carbocycles. The largest absolute Gasteiger partial charge is 0.507 e. The molecule has 0 bridgehead atoms. The van der Waals surface area contributed by atoms with E-state index >= 15 is 0 Å². The van der Waals surface area contributed by atoms with Gasteiger partial charge in [-0.15, -0.1) is 0 Å². The molecule has 0 saturated heterocycles. The van der Waals surface area contributed by atoms with Gasteiger partial charge in [-0.2, -0.15) is 5.10 Å². The number of pyridine rings is 1. The van der Waals surface area contributed by atoms with Crippen LogP contribution in [0, 0.1) is 0 Å². The van der Waals surface area contributed by atoms with Gasteiger partial charge in [0.1, 0.15) is 11.4 Å². The summed E-state index contributed by atoms with van der Waals surface area (Å²) < 4.78 is 0. The number of phenolic OH excluding ortho intramolecular Hbond substituents is 1. The number of carbonyl (C=O) groups is 1. The fourth-order valence-electron chi connectivity index (χ4n) is 1.72. The maximum atomic E-state index is 11.8. The smallest absolute Gasteiger partial charge is 0.289 e. The van der Waals surface area contributed by atoms with Crippen molar-refractivity contribution in [3.63, 3.8) is 0 Å². The molecule has 102 valence electrons. The number of carbonyl (C=O) groups excluding carboxylic acids is 1. The van der Waals surface area contributed by atoms with Crippen LogP contribution < -0.4 is 5.43 Å². The number of benzene rings is 1. The molecule has 0 atom stereocenters. The first-order valence-electron chi connectivity index (χ1n) is 6.28. The molecule has 2 aromatic rings. The van der Waals surface area contributed by atoms with Crippen LogP contribution in [0.4, 0.5) is 0 Å². The van der Waals surface area contributed by atoms with Gasteiger partial charge in [-0.1, -0.05) is 25.1 Å². The van der Waals surface area contributed by atoms with Gasteiger partial charge in [0.05, 0.1) is 5.71 Å². The highest BCUT2D eigenvalue weighted by molar-refractivity contribution is 6.03. The van der Waals surface area contributed by atoms with Crippen molar-refractivity contribution < 1.29 is 9.90 Å². The second-order valence-corrected chi connectivity index (χ2v) is 4.09. The van der Waals surface area contributed by atoms with Crippen molar-refractivity contribution in [3.8, 4) is 5.75 Å². The zero-order chi connectivity index (χ0) is 14.4. The molecule has 0 aliphatic carbocycles. The highest BCUT2D eigenvalue weighted by Crippen LogP contribution is 2.17. The normalized spacial score (nSPS) is 11.2. The predicted octanol–water partition coefficient (Wildman–Crippen LogP) is 2.33. The Hall–Kier alpha value is -2.69. The minimum absolute atomic E-state index is 0.139. The molecule has 1 amide bonds. The van der Waals surface area contributed by atoms with E-state index in [1.165, 1.54) is 0 Å². The predicted molar refractivity (Wildman–Crippen MR) is 76.6 cm³/mol. The van der Waals surface area contributed by atoms with Crippen LogP contribution in [0.1, 0.15) is 29.4 Å². The van der Waals surface area contributed by atoms with Gasteiger partial charge in [-0.05, 0) is 30.7 Å². The number of phenols is 1. The van der Waals surface area contributed by atoms with Gasteiger partial charge in [0, 0.05) is 11.8 Å². The van der Waals surface area contributed by atoms with Crippen LogP contribution in [0.3, 0.4) is 0 Å². The van der Waals surface area contributed by atoms with E-state index in [-0.39, 0.29) is 11.7 Å². The number of hydrogen-bond donors (Lipinski definition) is 2. The molecule has 5 nitrogen and oxygen atoms in total. The molecule has 0 unspecified atom stereocenters. The monoisotopic (exact) mass is 269 g/mol. The number of nitrogens with zero attached hydrogens (tertiary/aromatic N) is 2. The van der Waals surface area contributed by atoms with E-state index < -0.39 is 0 Å². The summed E-state index contributed by atoms with van der Waals surface area (Å²) in [4.78, 5) is 15.8. The molecule has 5 heteroatoms. The topological polar surface area (TPSA) is 74.6 Å². The third kappa shape index (κ3) is 3.20. The minimum atomic E-state index is -0.382. The van der Waals surface area contributed by atoms with Gasteiger partial charge >= 0.3 is 0 Å². The quantitative estimate of drug-likeness (QED) is 0.660. The summed E-state index contributed by atoms with van der Waals surface area (Å²) in [6.45, 7) is 1.90. The van der Waals surface area contributed by atoms with E-state index in [0.29, 0.717) is 23.4 Å². The highest BCUT2D eigenvalue weighted by atomic mass is 16.3. The van der Waals surface area contributed by atoms with Gasteiger partial charge < -0.3 is 5.11 Å². The lowest BCUT2D eigenvalue weighted by Crippen LogP contribution is -2.21. The molecule has 2 N–H and O–H groups in total. The van der Waals surface area contributed by atoms with Crippen LogP contribution in [0.15, 0.2) is 53.8 Å². The van der Waals surface area contributed by atoms with Crippen LogP contribution in [0.5, 0.6) is 5.75 Å². The molecular weight excluding hydrogens is 254 g/mol. The van der Waals surface area contributed by atoms with Crippen LogP contribution in [-0.4, -0.2) is 21.7 Å². The molecule has 1 heterocycles. The first kappa shape index (κ1) is 13.7. The van der Waals surface area contributed by atoms with Crippen LogP contribution in [0.2, 0.25) is 0 Å². The molecule has 1 aromatic carbocycles. The number of aromatic hydroxyl groups is 1. The summed E-state index contributed by atoms with van der Waals surface area (Å²) in [6.07, 6.45) is 2.13. The molecule has 0 aliphatic heterocycles. The summed E-state index contributed by atoms with van der Waals surface area (Å²) in [7, 11) is 0. The number of aromatic nitrogens is 1. The summed E-state index contributed by atoms with van der Waals surface area (Å²) in [5.41, 5.74) is 3.96. The van der Waals surface area contributed by atoms with Crippen molar-refractivity contribution in [1.82, 2.24) is 10.4 Å². The molecular formula is C15H15N3O2. The second-order valence-electron chi connectivity index (χ2n) is 4.09. The first-order valence-corrected chi connectivity index (χ1v) is 6.28. The van der Waals surface area contributed by atoms with Gasteiger partial charge in [0.2, 0.25) is 0 Å². The van der Waals surface area contributed by atoms with Gasteiger partial charge in [-0.3, -0.25) is 9.78 Å². The molecule has 0 fully saturated rings. The Kier molecular flexibility index (Phi) is 4.44. The lowest BCUT2D eigenvalue weighted by molar-refractivity contribution is 0.0950. The SMILES string of the molecule is CC/C(=N/NC(=O)c1ccccn1)c1ccccc1O. The Morgan fingerprint density at radius 3 is 2.65 bits per heavy atom. The summed E-state index contributed by atoms with van der Waals surface area (Å²) in [5, 5.41) is 13.9. The van der Waals surface area contributed by atoms with Gasteiger partial charge in [-0.25, -0.2) is 5.43 Å². The van der Waals surface area contributed by atoms with Crippen molar-refractivity contribution in [3.05, 3.63) is 59.9 Å². The Labute approximate surface area is 117 Å². The van der Waals surface area contributed by atoms with Crippen molar-refractivity contribution in [2.45, 2.75) is 13.3 Å². The Balaban J connectivity index is 2.17. The minimum Gasteiger partial charge on any atom is -0.507 e. The van der Waals surface area contributed by atoms with Crippen molar-refractivity contribution in [1.29, 1.82) is 0 Å². The zero-order valence-corrected chi connectivity index (χ0v) is 11.1. The number of para-hydroxylation sites is 1. The third-order valence-electron chi connectivity index (χ3n) is 2.74. The lowest BCUT2D eigenvalue weighted by Gasteiger charge is -2.06. The second kappa shape index (κ2) is 6.47. The number of rotatable bonds is 4. The fourth-order valence-corrected chi connectivity index (χ4v) is 1.72. The van der Waals surface area contributed by atoms with Crippen molar-refractivity contribution >= 4 is 11.6 Å². The number of amides is 1. The number of hydrogen-bond acceptors (Lipinski definition) is 4. The Morgan fingerprint density at radius 2 is 2.00 bits per heavy atom. The molecule has 0 aliphatic rings. The van der Waals surface area contributed by atoms with E-state index in [9.17, 15) is 9.90 Å². The molecule has 2 rings (SSSR count). The van der Waals surface area contributed by atoms with Crippen molar-refractivity contribution in [2.24, 2.45) is 5.10 Å². The summed E-state index contributed by atoms with van der Waals surface area (Å²) in [6, 6.07) is 12.0. The average molecular weight is 269 g/mol. The standard InChI is InChI=1S/C15H15N3O2/c1-2-12(11-7-3-4-9-14(11)19)17-18-15(20)13-8-5-6-10-16-13/h3-10,19H,2H2,1H3,(H,18,20)/b17-12-. The van der Waals surface area contributed by atoms with E-state index in [1.54, 1.807) is 48.7 Å². The average Bonchev–Trinajstić information content (AvgIpc) is 2.50. The summed E-state index contributed by atoms with van der Waals surface area (Å²) in [5.74, 6) is -0.243. The number of hydrazone groups is 1. The maximum Gasteiger partial charge on any atom is 0.289 e. The fraction of sp³-hybridized carbons (Fsp3) is 0.133. The first-order chi connectivity index (χ1) is 9.72. The lowest BCUT2D eigenvalue weighted by atomic mass is 10.1. The third-order valence-corrected chi connectivity index (χ3v) is 2.74. The molecule has 0 radical (unpaired) electrons. The Bertz CT molecular complexity index is 624. The van der Waals surface area contributed by atoms with E-state index in [2.05, 4.69) is 15.5 Å². The van der Waals surface area contributed by atoms with Crippen LogP contribution >= 0.6 is 0 Å². The van der Waals surface area contributed by atoms with E-state index in [4.69, 9.17) is 0 Å². The van der Waals surface area contributed by atoms with Gasteiger partial charge in [0.15, 0.2) is 0 Å². The number of nitrogens with one attached hydrogen (secondary N) is 1. The van der Waals surface area contributed by atoms with Crippen LogP contribution in [-0.2, 0) is 0 Å². The van der Waals surface area contributed by atoms with E-state index in [1.807, 2.05) is 6.92 Å². The van der Waals surface area contributed by atoms with Crippen LogP contribution in [0.25, 0.3) is 0 Å².